The number of halogens is 2. The van der Waals surface area contributed by atoms with Crippen LogP contribution in [-0.2, 0) is 0 Å². The Kier molecular flexibility index (Phi) is 4.71. The van der Waals surface area contributed by atoms with Crippen LogP contribution in [0.3, 0.4) is 0 Å². The van der Waals surface area contributed by atoms with Gasteiger partial charge < -0.3 is 9.73 Å². The SMILES string of the molecule is CCCNC(C)c1ncc(-c2cccc(Br)c2F)o1. The van der Waals surface area contributed by atoms with Crippen molar-refractivity contribution in [1.29, 1.82) is 0 Å². The lowest BCUT2D eigenvalue weighted by Gasteiger charge is -2.08. The first kappa shape index (κ1) is 14.2. The van der Waals surface area contributed by atoms with Gasteiger partial charge in [0.15, 0.2) is 5.76 Å². The fraction of sp³-hybridized carbons (Fsp3) is 0.357. The van der Waals surface area contributed by atoms with Crippen molar-refractivity contribution in [2.24, 2.45) is 0 Å². The Morgan fingerprint density at radius 3 is 3.00 bits per heavy atom. The predicted octanol–water partition coefficient (Wildman–Crippen LogP) is 4.30. The third-order valence-corrected chi connectivity index (χ3v) is 3.42. The Labute approximate surface area is 120 Å². The average Bonchev–Trinajstić information content (AvgIpc) is 2.88. The van der Waals surface area contributed by atoms with Gasteiger partial charge in [-0.25, -0.2) is 9.37 Å². The molecule has 2 aromatic rings. The minimum atomic E-state index is -0.334. The molecular weight excluding hydrogens is 311 g/mol. The van der Waals surface area contributed by atoms with E-state index in [0.29, 0.717) is 21.7 Å². The molecule has 1 aromatic heterocycles. The highest BCUT2D eigenvalue weighted by Crippen LogP contribution is 2.29. The van der Waals surface area contributed by atoms with E-state index in [4.69, 9.17) is 4.42 Å². The molecule has 1 N–H and O–H groups in total. The molecule has 1 atom stereocenters. The summed E-state index contributed by atoms with van der Waals surface area (Å²) in [5.41, 5.74) is 0.413. The molecule has 0 aliphatic carbocycles. The van der Waals surface area contributed by atoms with E-state index in [1.807, 2.05) is 6.92 Å². The molecule has 0 saturated heterocycles. The molecule has 5 heteroatoms. The Hall–Kier alpha value is -1.20. The molecule has 2 rings (SSSR count). The molecule has 0 aliphatic heterocycles. The highest BCUT2D eigenvalue weighted by atomic mass is 79.9. The Balaban J connectivity index is 2.23. The van der Waals surface area contributed by atoms with Crippen molar-refractivity contribution in [2.45, 2.75) is 26.3 Å². The number of hydrogen-bond acceptors (Lipinski definition) is 3. The van der Waals surface area contributed by atoms with Crippen LogP contribution in [0, 0.1) is 5.82 Å². The van der Waals surface area contributed by atoms with Gasteiger partial charge in [0.2, 0.25) is 5.89 Å². The number of nitrogens with zero attached hydrogens (tertiary/aromatic N) is 1. The van der Waals surface area contributed by atoms with Gasteiger partial charge in [0.1, 0.15) is 5.82 Å². The molecule has 0 bridgehead atoms. The third kappa shape index (κ3) is 3.22. The fourth-order valence-corrected chi connectivity index (χ4v) is 2.12. The molecule has 19 heavy (non-hydrogen) atoms. The summed E-state index contributed by atoms with van der Waals surface area (Å²) in [5, 5.41) is 3.28. The molecule has 0 fully saturated rings. The highest BCUT2D eigenvalue weighted by Gasteiger charge is 2.15. The number of hydrogen-bond donors (Lipinski definition) is 1. The van der Waals surface area contributed by atoms with Gasteiger partial charge in [-0.15, -0.1) is 0 Å². The molecule has 0 radical (unpaired) electrons. The van der Waals surface area contributed by atoms with Gasteiger partial charge in [-0.2, -0.15) is 0 Å². The predicted molar refractivity (Wildman–Crippen MR) is 76.3 cm³/mol. The molecule has 1 unspecified atom stereocenters. The summed E-state index contributed by atoms with van der Waals surface area (Å²) in [6.07, 6.45) is 2.60. The van der Waals surface area contributed by atoms with Gasteiger partial charge in [-0.05, 0) is 48.0 Å². The van der Waals surface area contributed by atoms with E-state index < -0.39 is 0 Å². The second-order valence-electron chi connectivity index (χ2n) is 4.34. The first-order valence-corrected chi connectivity index (χ1v) is 7.06. The largest absolute Gasteiger partial charge is 0.439 e. The van der Waals surface area contributed by atoms with Gasteiger partial charge in [-0.1, -0.05) is 13.0 Å². The normalized spacial score (nSPS) is 12.6. The Bertz CT molecular complexity index is 556. The maximum atomic E-state index is 14.0. The zero-order valence-electron chi connectivity index (χ0n) is 10.9. The summed E-state index contributed by atoms with van der Waals surface area (Å²) < 4.78 is 20.0. The van der Waals surface area contributed by atoms with Gasteiger partial charge in [0.05, 0.1) is 22.3 Å². The molecule has 1 aromatic carbocycles. The van der Waals surface area contributed by atoms with Crippen molar-refractivity contribution in [3.05, 3.63) is 40.6 Å². The van der Waals surface area contributed by atoms with Crippen molar-refractivity contribution in [3.8, 4) is 11.3 Å². The monoisotopic (exact) mass is 326 g/mol. The summed E-state index contributed by atoms with van der Waals surface area (Å²) in [6.45, 7) is 4.96. The lowest BCUT2D eigenvalue weighted by molar-refractivity contribution is 0.422. The number of oxazole rings is 1. The average molecular weight is 327 g/mol. The molecule has 0 aliphatic rings. The van der Waals surface area contributed by atoms with Gasteiger partial charge in [-0.3, -0.25) is 0 Å². The second-order valence-corrected chi connectivity index (χ2v) is 5.19. The van der Waals surface area contributed by atoms with E-state index in [9.17, 15) is 4.39 Å². The van der Waals surface area contributed by atoms with Gasteiger partial charge >= 0.3 is 0 Å². The van der Waals surface area contributed by atoms with Crippen LogP contribution in [0.2, 0.25) is 0 Å². The van der Waals surface area contributed by atoms with E-state index in [2.05, 4.69) is 33.2 Å². The zero-order chi connectivity index (χ0) is 13.8. The van der Waals surface area contributed by atoms with Gasteiger partial charge in [0.25, 0.3) is 0 Å². The van der Waals surface area contributed by atoms with Crippen LogP contribution in [0.4, 0.5) is 4.39 Å². The maximum Gasteiger partial charge on any atom is 0.211 e. The van der Waals surface area contributed by atoms with E-state index in [1.54, 1.807) is 24.4 Å². The van der Waals surface area contributed by atoms with E-state index in [1.165, 1.54) is 0 Å². The van der Waals surface area contributed by atoms with E-state index >= 15 is 0 Å². The Morgan fingerprint density at radius 2 is 2.26 bits per heavy atom. The van der Waals surface area contributed by atoms with Crippen molar-refractivity contribution in [3.63, 3.8) is 0 Å². The minimum Gasteiger partial charge on any atom is -0.439 e. The first-order valence-electron chi connectivity index (χ1n) is 6.27. The van der Waals surface area contributed by atoms with Crippen LogP contribution < -0.4 is 5.32 Å². The van der Waals surface area contributed by atoms with Crippen LogP contribution in [0.1, 0.15) is 32.2 Å². The number of benzene rings is 1. The smallest absolute Gasteiger partial charge is 0.211 e. The topological polar surface area (TPSA) is 38.1 Å². The number of nitrogens with one attached hydrogen (secondary N) is 1. The van der Waals surface area contributed by atoms with Crippen LogP contribution in [0.15, 0.2) is 33.3 Å². The minimum absolute atomic E-state index is 0.0175. The lowest BCUT2D eigenvalue weighted by Crippen LogP contribution is -2.19. The second kappa shape index (κ2) is 6.30. The van der Waals surface area contributed by atoms with Crippen molar-refractivity contribution in [1.82, 2.24) is 10.3 Å². The summed E-state index contributed by atoms with van der Waals surface area (Å²) >= 11 is 3.16. The standard InChI is InChI=1S/C14H16BrFN2O/c1-3-7-17-9(2)14-18-8-12(19-14)10-5-4-6-11(15)13(10)16/h4-6,8-9,17H,3,7H2,1-2H3. The summed E-state index contributed by atoms with van der Waals surface area (Å²) in [6, 6.07) is 5.11. The third-order valence-electron chi connectivity index (χ3n) is 2.81. The zero-order valence-corrected chi connectivity index (χ0v) is 12.5. The quantitative estimate of drug-likeness (QED) is 0.889. The fourth-order valence-electron chi connectivity index (χ4n) is 1.75. The highest BCUT2D eigenvalue weighted by molar-refractivity contribution is 9.10. The lowest BCUT2D eigenvalue weighted by atomic mass is 10.2. The first-order chi connectivity index (χ1) is 9.13. The molecule has 102 valence electrons. The molecule has 1 heterocycles. The van der Waals surface area contributed by atoms with Crippen molar-refractivity contribution >= 4 is 15.9 Å². The Morgan fingerprint density at radius 1 is 1.47 bits per heavy atom. The summed E-state index contributed by atoms with van der Waals surface area (Å²) in [7, 11) is 0. The van der Waals surface area contributed by atoms with Crippen LogP contribution in [-0.4, -0.2) is 11.5 Å². The van der Waals surface area contributed by atoms with Crippen molar-refractivity contribution in [2.75, 3.05) is 6.54 Å². The van der Waals surface area contributed by atoms with Crippen LogP contribution in [0.25, 0.3) is 11.3 Å². The maximum absolute atomic E-state index is 14.0. The van der Waals surface area contributed by atoms with E-state index in [0.717, 1.165) is 13.0 Å². The summed E-state index contributed by atoms with van der Waals surface area (Å²) in [4.78, 5) is 4.21. The van der Waals surface area contributed by atoms with Crippen LogP contribution in [0.5, 0.6) is 0 Å². The van der Waals surface area contributed by atoms with Crippen molar-refractivity contribution < 1.29 is 8.81 Å². The van der Waals surface area contributed by atoms with Crippen LogP contribution >= 0.6 is 15.9 Å². The molecule has 0 saturated carbocycles. The molecule has 0 amide bonds. The molecule has 0 spiro atoms. The molecular formula is C14H16BrFN2O. The van der Waals surface area contributed by atoms with Gasteiger partial charge in [0, 0.05) is 0 Å². The number of aromatic nitrogens is 1. The summed E-state index contributed by atoms with van der Waals surface area (Å²) in [5.74, 6) is 0.682. The molecule has 3 nitrogen and oxygen atoms in total. The number of rotatable bonds is 5. The van der Waals surface area contributed by atoms with E-state index in [-0.39, 0.29) is 11.9 Å².